The summed E-state index contributed by atoms with van der Waals surface area (Å²) in [6, 6.07) is 6.80. The molecule has 1 atom stereocenters. The van der Waals surface area contributed by atoms with Crippen LogP contribution >= 0.6 is 12.2 Å². The van der Waals surface area contributed by atoms with Crippen LogP contribution < -0.4 is 5.73 Å². The van der Waals surface area contributed by atoms with Crippen LogP contribution in [0.25, 0.3) is 0 Å². The summed E-state index contributed by atoms with van der Waals surface area (Å²) in [4.78, 5) is 0.747. The molecule has 1 aliphatic rings. The average Bonchev–Trinajstić information content (AvgIpc) is 2.76. The summed E-state index contributed by atoms with van der Waals surface area (Å²) >= 11 is 4.84. The van der Waals surface area contributed by atoms with Crippen molar-refractivity contribution in [1.82, 2.24) is 4.31 Å². The molecule has 0 amide bonds. The maximum Gasteiger partial charge on any atom is 0.243 e. The zero-order valence-electron chi connectivity index (χ0n) is 10.9. The first-order valence-corrected chi connectivity index (χ1v) is 8.12. The molecule has 1 aromatic rings. The Morgan fingerprint density at radius 2 is 2.05 bits per heavy atom. The molecule has 1 fully saturated rings. The zero-order chi connectivity index (χ0) is 14.0. The zero-order valence-corrected chi connectivity index (χ0v) is 12.5. The summed E-state index contributed by atoms with van der Waals surface area (Å²) in [6.07, 6.45) is 1.43. The summed E-state index contributed by atoms with van der Waals surface area (Å²) in [6.45, 7) is 3.29. The summed E-state index contributed by atoms with van der Waals surface area (Å²) in [5.41, 5.74) is 6.40. The Morgan fingerprint density at radius 1 is 1.42 bits per heavy atom. The molecule has 2 rings (SSSR count). The van der Waals surface area contributed by atoms with E-state index in [9.17, 15) is 8.42 Å². The second-order valence-electron chi connectivity index (χ2n) is 5.04. The highest BCUT2D eigenvalue weighted by molar-refractivity contribution is 7.89. The van der Waals surface area contributed by atoms with E-state index in [-0.39, 0.29) is 0 Å². The number of hydrogen-bond acceptors (Lipinski definition) is 3. The maximum atomic E-state index is 12.4. The fourth-order valence-electron chi connectivity index (χ4n) is 2.24. The Kier molecular flexibility index (Phi) is 4.23. The van der Waals surface area contributed by atoms with Crippen LogP contribution in [0, 0.1) is 5.92 Å². The quantitative estimate of drug-likeness (QED) is 0.857. The molecule has 6 heteroatoms. The number of rotatable bonds is 4. The first-order chi connectivity index (χ1) is 8.89. The van der Waals surface area contributed by atoms with Crippen LogP contribution in [0.1, 0.15) is 18.9 Å². The predicted octanol–water partition coefficient (Wildman–Crippen LogP) is 1.55. The average molecular weight is 298 g/mol. The molecule has 1 aliphatic heterocycles. The predicted molar refractivity (Wildman–Crippen MR) is 79.5 cm³/mol. The summed E-state index contributed by atoms with van der Waals surface area (Å²) in [7, 11) is -3.35. The topological polar surface area (TPSA) is 63.4 Å². The number of nitrogens with zero attached hydrogens (tertiary/aromatic N) is 1. The van der Waals surface area contributed by atoms with Gasteiger partial charge < -0.3 is 5.73 Å². The van der Waals surface area contributed by atoms with Crippen molar-refractivity contribution in [3.63, 3.8) is 0 Å². The van der Waals surface area contributed by atoms with E-state index in [4.69, 9.17) is 18.0 Å². The van der Waals surface area contributed by atoms with Gasteiger partial charge in [-0.25, -0.2) is 8.42 Å². The molecule has 0 bridgehead atoms. The monoisotopic (exact) mass is 298 g/mol. The molecule has 104 valence electrons. The van der Waals surface area contributed by atoms with E-state index >= 15 is 0 Å². The second-order valence-corrected chi connectivity index (χ2v) is 7.51. The molecule has 0 saturated carbocycles. The van der Waals surface area contributed by atoms with Crippen LogP contribution in [0.5, 0.6) is 0 Å². The Morgan fingerprint density at radius 3 is 2.53 bits per heavy atom. The molecule has 2 N–H and O–H groups in total. The van der Waals surface area contributed by atoms with Crippen molar-refractivity contribution < 1.29 is 8.42 Å². The largest absolute Gasteiger partial charge is 0.393 e. The van der Waals surface area contributed by atoms with Gasteiger partial charge in [0, 0.05) is 19.5 Å². The first-order valence-electron chi connectivity index (χ1n) is 6.27. The molecule has 19 heavy (non-hydrogen) atoms. The van der Waals surface area contributed by atoms with Gasteiger partial charge in [0.25, 0.3) is 0 Å². The Bertz CT molecular complexity index is 567. The Labute approximate surface area is 119 Å². The highest BCUT2D eigenvalue weighted by Crippen LogP contribution is 2.24. The molecule has 1 saturated heterocycles. The molecule has 1 aromatic carbocycles. The molecular weight excluding hydrogens is 280 g/mol. The van der Waals surface area contributed by atoms with Crippen molar-refractivity contribution in [2.45, 2.75) is 24.7 Å². The van der Waals surface area contributed by atoms with E-state index < -0.39 is 10.0 Å². The summed E-state index contributed by atoms with van der Waals surface area (Å²) in [5, 5.41) is 0. The van der Waals surface area contributed by atoms with E-state index in [1.54, 1.807) is 28.6 Å². The van der Waals surface area contributed by atoms with Crippen molar-refractivity contribution in [3.8, 4) is 0 Å². The lowest BCUT2D eigenvalue weighted by atomic mass is 10.1. The molecule has 1 unspecified atom stereocenters. The molecule has 0 aliphatic carbocycles. The van der Waals surface area contributed by atoms with E-state index in [0.29, 0.717) is 35.3 Å². The van der Waals surface area contributed by atoms with Crippen LogP contribution in [-0.4, -0.2) is 30.8 Å². The SMILES string of the molecule is CC1CCN(S(=O)(=O)c2ccc(CC(N)=S)cc2)C1. The van der Waals surface area contributed by atoms with Crippen molar-refractivity contribution >= 4 is 27.2 Å². The molecule has 1 heterocycles. The summed E-state index contributed by atoms with van der Waals surface area (Å²) < 4.78 is 26.3. The van der Waals surface area contributed by atoms with Gasteiger partial charge in [0.05, 0.1) is 9.88 Å². The van der Waals surface area contributed by atoms with E-state index in [1.165, 1.54) is 0 Å². The van der Waals surface area contributed by atoms with Crippen LogP contribution in [0.3, 0.4) is 0 Å². The number of nitrogens with two attached hydrogens (primary N) is 1. The van der Waals surface area contributed by atoms with Gasteiger partial charge in [-0.3, -0.25) is 0 Å². The van der Waals surface area contributed by atoms with Crippen LogP contribution in [0.2, 0.25) is 0 Å². The van der Waals surface area contributed by atoms with Crippen LogP contribution in [-0.2, 0) is 16.4 Å². The van der Waals surface area contributed by atoms with Crippen molar-refractivity contribution in [2.75, 3.05) is 13.1 Å². The van der Waals surface area contributed by atoms with Gasteiger partial charge in [0.15, 0.2) is 0 Å². The number of sulfonamides is 1. The fraction of sp³-hybridized carbons (Fsp3) is 0.462. The summed E-state index contributed by atoms with van der Waals surface area (Å²) in [5.74, 6) is 0.434. The van der Waals surface area contributed by atoms with Crippen LogP contribution in [0.15, 0.2) is 29.2 Å². The van der Waals surface area contributed by atoms with Gasteiger partial charge in [0.2, 0.25) is 10.0 Å². The second kappa shape index (κ2) is 5.56. The lowest BCUT2D eigenvalue weighted by molar-refractivity contribution is 0.464. The van der Waals surface area contributed by atoms with Crippen molar-refractivity contribution in [3.05, 3.63) is 29.8 Å². The van der Waals surface area contributed by atoms with Gasteiger partial charge in [-0.05, 0) is 30.0 Å². The van der Waals surface area contributed by atoms with Gasteiger partial charge in [-0.15, -0.1) is 0 Å². The Balaban J connectivity index is 2.19. The first kappa shape index (κ1) is 14.4. The van der Waals surface area contributed by atoms with Gasteiger partial charge in [-0.1, -0.05) is 31.3 Å². The van der Waals surface area contributed by atoms with E-state index in [0.717, 1.165) is 12.0 Å². The minimum Gasteiger partial charge on any atom is -0.393 e. The third-order valence-corrected chi connectivity index (χ3v) is 5.35. The highest BCUT2D eigenvalue weighted by atomic mass is 32.2. The van der Waals surface area contributed by atoms with Gasteiger partial charge >= 0.3 is 0 Å². The number of benzene rings is 1. The lowest BCUT2D eigenvalue weighted by Gasteiger charge is -2.16. The van der Waals surface area contributed by atoms with Crippen molar-refractivity contribution in [2.24, 2.45) is 11.7 Å². The standard InChI is InChI=1S/C13H18N2O2S2/c1-10-6-7-15(9-10)19(16,17)12-4-2-11(3-5-12)8-13(14)18/h2-5,10H,6-9H2,1H3,(H2,14,18). The fourth-order valence-corrected chi connectivity index (χ4v) is 3.98. The normalized spacial score (nSPS) is 20.6. The van der Waals surface area contributed by atoms with Gasteiger partial charge in [-0.2, -0.15) is 4.31 Å². The van der Waals surface area contributed by atoms with Crippen LogP contribution in [0.4, 0.5) is 0 Å². The highest BCUT2D eigenvalue weighted by Gasteiger charge is 2.30. The minimum atomic E-state index is -3.35. The molecule has 4 nitrogen and oxygen atoms in total. The third-order valence-electron chi connectivity index (χ3n) is 3.33. The minimum absolute atomic E-state index is 0.341. The maximum absolute atomic E-state index is 12.4. The molecule has 0 aromatic heterocycles. The molecular formula is C13H18N2O2S2. The van der Waals surface area contributed by atoms with Gasteiger partial charge in [0.1, 0.15) is 0 Å². The third kappa shape index (κ3) is 3.32. The number of hydrogen-bond donors (Lipinski definition) is 1. The van der Waals surface area contributed by atoms with Crippen molar-refractivity contribution in [1.29, 1.82) is 0 Å². The number of thiocarbonyl (C=S) groups is 1. The van der Waals surface area contributed by atoms with E-state index in [2.05, 4.69) is 6.92 Å². The Hall–Kier alpha value is -0.980. The molecule has 0 spiro atoms. The smallest absolute Gasteiger partial charge is 0.243 e. The van der Waals surface area contributed by atoms with E-state index in [1.807, 2.05) is 0 Å². The molecule has 0 radical (unpaired) electrons. The lowest BCUT2D eigenvalue weighted by Crippen LogP contribution is -2.28.